The fraction of sp³-hybridized carbons (Fsp3) is 0.174. The van der Waals surface area contributed by atoms with Gasteiger partial charge >= 0.3 is 0 Å². The van der Waals surface area contributed by atoms with Crippen LogP contribution in [0.4, 0.5) is 5.95 Å². The maximum atomic E-state index is 13.4. The molecule has 6 heteroatoms. The highest BCUT2D eigenvalue weighted by Crippen LogP contribution is 2.45. The lowest BCUT2D eigenvalue weighted by molar-refractivity contribution is -0.116. The Morgan fingerprint density at radius 3 is 2.72 bits per heavy atom. The van der Waals surface area contributed by atoms with Crippen LogP contribution < -0.4 is 5.32 Å². The molecule has 0 bridgehead atoms. The van der Waals surface area contributed by atoms with Crippen LogP contribution in [0.15, 0.2) is 82.9 Å². The number of para-hydroxylation sites is 2. The molecular weight excluding hydrogens is 364 g/mol. The van der Waals surface area contributed by atoms with Gasteiger partial charge < -0.3 is 9.73 Å². The van der Waals surface area contributed by atoms with Crippen molar-refractivity contribution in [2.24, 2.45) is 0 Å². The number of pyridine rings is 1. The molecule has 0 unspecified atom stereocenters. The zero-order chi connectivity index (χ0) is 19.4. The van der Waals surface area contributed by atoms with E-state index >= 15 is 0 Å². The number of carbonyl (C=O) groups excluding carboxylic acids is 1. The van der Waals surface area contributed by atoms with Gasteiger partial charge in [-0.25, -0.2) is 4.98 Å². The summed E-state index contributed by atoms with van der Waals surface area (Å²) < 4.78 is 7.73. The zero-order valence-electron chi connectivity index (χ0n) is 15.6. The Morgan fingerprint density at radius 1 is 1.03 bits per heavy atom. The molecule has 0 fully saturated rings. The number of imidazole rings is 1. The van der Waals surface area contributed by atoms with E-state index in [1.165, 1.54) is 0 Å². The van der Waals surface area contributed by atoms with Crippen LogP contribution in [0.3, 0.4) is 0 Å². The molecular formula is C23H18N4O2. The fourth-order valence-electron chi connectivity index (χ4n) is 4.61. The van der Waals surface area contributed by atoms with Gasteiger partial charge in [0.05, 0.1) is 23.3 Å². The topological polar surface area (TPSA) is 73.0 Å². The summed E-state index contributed by atoms with van der Waals surface area (Å²) in [6.45, 7) is 0. The van der Waals surface area contributed by atoms with Crippen LogP contribution in [-0.4, -0.2) is 20.3 Å². The molecule has 0 radical (unpaired) electrons. The lowest BCUT2D eigenvalue weighted by Gasteiger charge is -2.35. The van der Waals surface area contributed by atoms with Crippen LogP contribution in [-0.2, 0) is 4.79 Å². The zero-order valence-corrected chi connectivity index (χ0v) is 15.6. The maximum Gasteiger partial charge on any atom is 0.209 e. The lowest BCUT2D eigenvalue weighted by Crippen LogP contribution is -2.33. The van der Waals surface area contributed by atoms with Crippen molar-refractivity contribution in [1.82, 2.24) is 14.5 Å². The van der Waals surface area contributed by atoms with Crippen LogP contribution in [0.2, 0.25) is 0 Å². The Kier molecular flexibility index (Phi) is 3.47. The quantitative estimate of drug-likeness (QED) is 0.555. The van der Waals surface area contributed by atoms with Gasteiger partial charge in [0.1, 0.15) is 5.76 Å². The van der Waals surface area contributed by atoms with Gasteiger partial charge in [0.2, 0.25) is 5.95 Å². The van der Waals surface area contributed by atoms with Crippen molar-refractivity contribution in [3.63, 3.8) is 0 Å². The first-order valence-corrected chi connectivity index (χ1v) is 9.73. The third kappa shape index (κ3) is 2.45. The Bertz CT molecular complexity index is 1250. The number of allylic oxidation sites excluding steroid dienone is 2. The largest absolute Gasteiger partial charge is 0.469 e. The van der Waals surface area contributed by atoms with Gasteiger partial charge in [-0.05, 0) is 48.4 Å². The smallest absolute Gasteiger partial charge is 0.209 e. The van der Waals surface area contributed by atoms with E-state index in [-0.39, 0.29) is 17.7 Å². The number of carbonyl (C=O) groups is 1. The first-order valence-electron chi connectivity index (χ1n) is 9.73. The van der Waals surface area contributed by atoms with Crippen LogP contribution in [0.25, 0.3) is 11.0 Å². The second-order valence-corrected chi connectivity index (χ2v) is 7.54. The van der Waals surface area contributed by atoms with Crippen LogP contribution in [0.1, 0.15) is 36.1 Å². The summed E-state index contributed by atoms with van der Waals surface area (Å²) in [5.74, 6) is 1.80. The SMILES string of the molecule is O=C1C[C@@H](c2ccco2)CC2=C1[C@H](c1ccncc1)n1c(nc3ccccc31)N2. The maximum absolute atomic E-state index is 13.4. The van der Waals surface area contributed by atoms with Crippen molar-refractivity contribution in [3.8, 4) is 0 Å². The van der Waals surface area contributed by atoms with E-state index in [1.54, 1.807) is 18.7 Å². The molecule has 4 heterocycles. The minimum Gasteiger partial charge on any atom is -0.469 e. The lowest BCUT2D eigenvalue weighted by atomic mass is 9.79. The number of aromatic nitrogens is 3. The van der Waals surface area contributed by atoms with E-state index in [4.69, 9.17) is 9.40 Å². The second kappa shape index (κ2) is 6.17. The summed E-state index contributed by atoms with van der Waals surface area (Å²) in [5, 5.41) is 3.46. The molecule has 0 saturated heterocycles. The first-order chi connectivity index (χ1) is 14.3. The second-order valence-electron chi connectivity index (χ2n) is 7.54. The number of hydrogen-bond donors (Lipinski definition) is 1. The van der Waals surface area contributed by atoms with Crippen LogP contribution in [0.5, 0.6) is 0 Å². The Morgan fingerprint density at radius 2 is 1.90 bits per heavy atom. The van der Waals surface area contributed by atoms with Gasteiger partial charge in [0, 0.05) is 36.0 Å². The standard InChI is InChI=1S/C23H18N4O2/c28-19-13-15(20-6-3-11-29-20)12-17-21(19)22(14-7-9-24-10-8-14)27-18-5-2-1-4-16(18)25-23(27)26-17/h1-11,15,22H,12-13H2,(H,25,26)/t15-,22-/m0/s1. The number of nitrogens with one attached hydrogen (secondary N) is 1. The van der Waals surface area contributed by atoms with Crippen molar-refractivity contribution in [3.05, 3.63) is 89.8 Å². The Labute approximate surface area is 166 Å². The highest BCUT2D eigenvalue weighted by atomic mass is 16.3. The Balaban J connectivity index is 1.56. The minimum atomic E-state index is -0.221. The summed E-state index contributed by atoms with van der Waals surface area (Å²) in [7, 11) is 0. The molecule has 2 aliphatic rings. The predicted molar refractivity (Wildman–Crippen MR) is 108 cm³/mol. The van der Waals surface area contributed by atoms with Crippen LogP contribution in [0, 0.1) is 0 Å². The molecule has 3 aromatic heterocycles. The number of hydrogen-bond acceptors (Lipinski definition) is 5. The number of rotatable bonds is 2. The van der Waals surface area contributed by atoms with E-state index in [2.05, 4.69) is 14.9 Å². The van der Waals surface area contributed by atoms with E-state index < -0.39 is 0 Å². The highest BCUT2D eigenvalue weighted by molar-refractivity contribution is 6.01. The number of nitrogens with zero attached hydrogens (tertiary/aromatic N) is 3. The molecule has 1 aliphatic heterocycles. The molecule has 142 valence electrons. The Hall–Kier alpha value is -3.67. The number of fused-ring (bicyclic) bond motifs is 3. The van der Waals surface area contributed by atoms with Crippen LogP contribution >= 0.6 is 0 Å². The number of Topliss-reactive ketones (excluding diaryl/α,β-unsaturated/α-hetero) is 1. The molecule has 1 aliphatic carbocycles. The van der Waals surface area contributed by atoms with Crippen molar-refractivity contribution in [2.75, 3.05) is 5.32 Å². The van der Waals surface area contributed by atoms with Gasteiger partial charge in [-0.2, -0.15) is 0 Å². The molecule has 6 nitrogen and oxygen atoms in total. The van der Waals surface area contributed by atoms with E-state index in [0.717, 1.165) is 46.0 Å². The predicted octanol–water partition coefficient (Wildman–Crippen LogP) is 4.44. The average Bonchev–Trinajstić information content (AvgIpc) is 3.40. The van der Waals surface area contributed by atoms with Gasteiger partial charge in [-0.1, -0.05) is 12.1 Å². The highest BCUT2D eigenvalue weighted by Gasteiger charge is 2.40. The molecule has 6 rings (SSSR count). The van der Waals surface area contributed by atoms with Crippen molar-refractivity contribution >= 4 is 22.8 Å². The molecule has 4 aromatic rings. The summed E-state index contributed by atoms with van der Waals surface area (Å²) in [4.78, 5) is 22.4. The number of furan rings is 1. The summed E-state index contributed by atoms with van der Waals surface area (Å²) in [6.07, 6.45) is 6.37. The molecule has 29 heavy (non-hydrogen) atoms. The number of benzene rings is 1. The van der Waals surface area contributed by atoms with Crippen molar-refractivity contribution in [2.45, 2.75) is 24.8 Å². The average molecular weight is 382 g/mol. The van der Waals surface area contributed by atoms with E-state index in [9.17, 15) is 4.79 Å². The molecule has 1 N–H and O–H groups in total. The molecule has 1 aromatic carbocycles. The summed E-state index contributed by atoms with van der Waals surface area (Å²) >= 11 is 0. The first kappa shape index (κ1) is 16.3. The number of anilines is 1. The molecule has 2 atom stereocenters. The normalized spacial score (nSPS) is 21.0. The third-order valence-corrected chi connectivity index (χ3v) is 5.87. The van der Waals surface area contributed by atoms with Gasteiger partial charge in [0.25, 0.3) is 0 Å². The third-order valence-electron chi connectivity index (χ3n) is 5.87. The van der Waals surface area contributed by atoms with Gasteiger partial charge in [-0.15, -0.1) is 0 Å². The van der Waals surface area contributed by atoms with Crippen molar-refractivity contribution in [1.29, 1.82) is 0 Å². The van der Waals surface area contributed by atoms with Crippen molar-refractivity contribution < 1.29 is 9.21 Å². The monoisotopic (exact) mass is 382 g/mol. The minimum absolute atomic E-state index is 0.0396. The fourth-order valence-corrected chi connectivity index (χ4v) is 4.61. The summed E-state index contributed by atoms with van der Waals surface area (Å²) in [6, 6.07) is 15.6. The van der Waals surface area contributed by atoms with E-state index in [0.29, 0.717) is 6.42 Å². The molecule has 0 amide bonds. The van der Waals surface area contributed by atoms with Gasteiger partial charge in [0.15, 0.2) is 5.78 Å². The molecule has 0 spiro atoms. The van der Waals surface area contributed by atoms with Gasteiger partial charge in [-0.3, -0.25) is 14.3 Å². The summed E-state index contributed by atoms with van der Waals surface area (Å²) in [5.41, 5.74) is 4.69. The molecule has 0 saturated carbocycles. The number of ketones is 1. The van der Waals surface area contributed by atoms with E-state index in [1.807, 2.05) is 48.5 Å².